The number of fused-ring (bicyclic) bond motifs is 6. The summed E-state index contributed by atoms with van der Waals surface area (Å²) in [5.41, 5.74) is 11.4. The van der Waals surface area contributed by atoms with Crippen molar-refractivity contribution < 1.29 is 0 Å². The third kappa shape index (κ3) is 3.43. The largest absolute Gasteiger partial charge is 0.339 e. The lowest BCUT2D eigenvalue weighted by atomic mass is 9.99. The van der Waals surface area contributed by atoms with Gasteiger partial charge in [-0.15, -0.1) is 0 Å². The lowest BCUT2D eigenvalue weighted by Crippen LogP contribution is -2.04. The number of nitrogens with one attached hydrogen (secondary N) is 2. The van der Waals surface area contributed by atoms with Gasteiger partial charge in [-0.1, -0.05) is 29.8 Å². The van der Waals surface area contributed by atoms with E-state index in [1.807, 2.05) is 18.2 Å². The standard InChI is InChI=1S/C19H18ClN5/c20-17-11-22-19-24-15-3-1-2-12(8-15)4-5-13-9-16(23-18(17)25-19)7-6-14(13)10-21/h1-3,6-9,11H,4-5,10,21H2,(H2,22,23,24,25). The molecule has 0 spiro atoms. The summed E-state index contributed by atoms with van der Waals surface area (Å²) in [5.74, 6) is 1.07. The van der Waals surface area contributed by atoms with Crippen molar-refractivity contribution in [1.29, 1.82) is 0 Å². The Balaban J connectivity index is 1.84. The first-order valence-electron chi connectivity index (χ1n) is 8.18. The highest BCUT2D eigenvalue weighted by atomic mass is 35.5. The van der Waals surface area contributed by atoms with E-state index in [1.165, 1.54) is 11.1 Å². The molecule has 0 atom stereocenters. The summed E-state index contributed by atoms with van der Waals surface area (Å²) in [6, 6.07) is 14.5. The molecule has 2 aromatic carbocycles. The van der Waals surface area contributed by atoms with Crippen LogP contribution in [0, 0.1) is 0 Å². The molecule has 0 amide bonds. The van der Waals surface area contributed by atoms with Gasteiger partial charge < -0.3 is 16.4 Å². The molecule has 0 saturated carbocycles. The fourth-order valence-corrected chi connectivity index (χ4v) is 3.14. The molecule has 2 heterocycles. The lowest BCUT2D eigenvalue weighted by molar-refractivity contribution is 0.922. The van der Waals surface area contributed by atoms with Crippen molar-refractivity contribution in [3.05, 3.63) is 70.4 Å². The average molecular weight is 352 g/mol. The van der Waals surface area contributed by atoms with Gasteiger partial charge in [0.2, 0.25) is 5.95 Å². The van der Waals surface area contributed by atoms with E-state index in [9.17, 15) is 0 Å². The van der Waals surface area contributed by atoms with E-state index in [0.717, 1.165) is 29.8 Å². The first-order chi connectivity index (χ1) is 12.2. The second-order valence-electron chi connectivity index (χ2n) is 6.03. The normalized spacial score (nSPS) is 12.9. The molecule has 0 aliphatic carbocycles. The lowest BCUT2D eigenvalue weighted by Gasteiger charge is -2.12. The Morgan fingerprint density at radius 3 is 2.80 bits per heavy atom. The zero-order chi connectivity index (χ0) is 17.2. The summed E-state index contributed by atoms with van der Waals surface area (Å²) in [6.45, 7) is 0.523. The van der Waals surface area contributed by atoms with Crippen LogP contribution in [0.3, 0.4) is 0 Å². The molecule has 126 valence electrons. The van der Waals surface area contributed by atoms with Gasteiger partial charge in [-0.2, -0.15) is 4.98 Å². The Morgan fingerprint density at radius 2 is 1.92 bits per heavy atom. The molecule has 5 nitrogen and oxygen atoms in total. The maximum atomic E-state index is 6.26. The number of nitrogens with two attached hydrogens (primary N) is 1. The minimum atomic E-state index is 0.471. The van der Waals surface area contributed by atoms with E-state index >= 15 is 0 Å². The van der Waals surface area contributed by atoms with Crippen molar-refractivity contribution in [3.8, 4) is 0 Å². The van der Waals surface area contributed by atoms with E-state index in [1.54, 1.807) is 6.20 Å². The second kappa shape index (κ2) is 6.70. The highest BCUT2D eigenvalue weighted by Crippen LogP contribution is 2.27. The van der Waals surface area contributed by atoms with E-state index in [2.05, 4.69) is 44.9 Å². The molecule has 1 aliphatic heterocycles. The number of hydrogen-bond donors (Lipinski definition) is 3. The highest BCUT2D eigenvalue weighted by Gasteiger charge is 2.10. The van der Waals surface area contributed by atoms with Crippen LogP contribution in [0.15, 0.2) is 48.7 Å². The van der Waals surface area contributed by atoms with Gasteiger partial charge in [-0.25, -0.2) is 4.98 Å². The van der Waals surface area contributed by atoms with Crippen molar-refractivity contribution in [1.82, 2.24) is 9.97 Å². The van der Waals surface area contributed by atoms with Gasteiger partial charge in [-0.3, -0.25) is 0 Å². The van der Waals surface area contributed by atoms with Crippen LogP contribution >= 0.6 is 11.6 Å². The molecule has 3 aromatic rings. The third-order valence-corrected chi connectivity index (χ3v) is 4.58. The van der Waals surface area contributed by atoms with Crippen molar-refractivity contribution in [2.24, 2.45) is 5.73 Å². The summed E-state index contributed by atoms with van der Waals surface area (Å²) >= 11 is 6.26. The maximum Gasteiger partial charge on any atom is 0.229 e. The Kier molecular flexibility index (Phi) is 4.26. The van der Waals surface area contributed by atoms with Crippen LogP contribution in [-0.4, -0.2) is 9.97 Å². The van der Waals surface area contributed by atoms with Gasteiger partial charge in [0.1, 0.15) is 5.02 Å². The third-order valence-electron chi connectivity index (χ3n) is 4.30. The first kappa shape index (κ1) is 15.9. The zero-order valence-corrected chi connectivity index (χ0v) is 14.3. The van der Waals surface area contributed by atoms with Gasteiger partial charge >= 0.3 is 0 Å². The predicted molar refractivity (Wildman–Crippen MR) is 102 cm³/mol. The number of nitrogens with zero attached hydrogens (tertiary/aromatic N) is 2. The number of hydrogen-bond acceptors (Lipinski definition) is 5. The zero-order valence-electron chi connectivity index (χ0n) is 13.6. The number of rotatable bonds is 1. The number of halogens is 1. The summed E-state index contributed by atoms with van der Waals surface area (Å²) in [4.78, 5) is 8.76. The van der Waals surface area contributed by atoms with Crippen molar-refractivity contribution in [3.63, 3.8) is 0 Å². The van der Waals surface area contributed by atoms with Crippen LogP contribution in [0.2, 0.25) is 5.02 Å². The summed E-state index contributed by atoms with van der Waals surface area (Å²) < 4.78 is 0. The predicted octanol–water partition coefficient (Wildman–Crippen LogP) is 4.17. The first-order valence-corrected chi connectivity index (χ1v) is 8.56. The molecule has 0 radical (unpaired) electrons. The van der Waals surface area contributed by atoms with Crippen molar-refractivity contribution >= 4 is 34.7 Å². The Labute approximate surface area is 151 Å². The molecule has 6 bridgehead atoms. The van der Waals surface area contributed by atoms with Crippen LogP contribution in [0.5, 0.6) is 0 Å². The second-order valence-corrected chi connectivity index (χ2v) is 6.44. The van der Waals surface area contributed by atoms with Crippen LogP contribution in [-0.2, 0) is 19.4 Å². The fraction of sp³-hybridized carbons (Fsp3) is 0.158. The molecule has 25 heavy (non-hydrogen) atoms. The maximum absolute atomic E-state index is 6.26. The minimum absolute atomic E-state index is 0.471. The molecular formula is C19H18ClN5. The van der Waals surface area contributed by atoms with Crippen LogP contribution in [0.4, 0.5) is 23.1 Å². The summed E-state index contributed by atoms with van der Waals surface area (Å²) in [7, 11) is 0. The number of aromatic nitrogens is 2. The van der Waals surface area contributed by atoms with Gasteiger partial charge in [0.05, 0.1) is 6.20 Å². The number of aryl methyl sites for hydroxylation is 2. The molecule has 1 aromatic heterocycles. The topological polar surface area (TPSA) is 75.9 Å². The Morgan fingerprint density at radius 1 is 1.04 bits per heavy atom. The van der Waals surface area contributed by atoms with Crippen molar-refractivity contribution in [2.45, 2.75) is 19.4 Å². The highest BCUT2D eigenvalue weighted by molar-refractivity contribution is 6.32. The monoisotopic (exact) mass is 351 g/mol. The van der Waals surface area contributed by atoms with Gasteiger partial charge in [-0.05, 0) is 53.8 Å². The van der Waals surface area contributed by atoms with Gasteiger partial charge in [0.25, 0.3) is 0 Å². The molecule has 4 N–H and O–H groups in total. The van der Waals surface area contributed by atoms with Crippen LogP contribution in [0.25, 0.3) is 0 Å². The summed E-state index contributed by atoms with van der Waals surface area (Å²) in [5, 5.41) is 6.99. The van der Waals surface area contributed by atoms with E-state index < -0.39 is 0 Å². The van der Waals surface area contributed by atoms with E-state index in [4.69, 9.17) is 17.3 Å². The molecule has 0 fully saturated rings. The van der Waals surface area contributed by atoms with Crippen LogP contribution < -0.4 is 16.4 Å². The fourth-order valence-electron chi connectivity index (χ4n) is 3.00. The van der Waals surface area contributed by atoms with E-state index in [0.29, 0.717) is 23.3 Å². The molecule has 4 rings (SSSR count). The summed E-state index contributed by atoms with van der Waals surface area (Å²) in [6.07, 6.45) is 3.45. The van der Waals surface area contributed by atoms with Gasteiger partial charge in [0.15, 0.2) is 5.82 Å². The molecule has 0 saturated heterocycles. The number of anilines is 4. The quantitative estimate of drug-likeness (QED) is 0.613. The molecule has 0 unspecified atom stereocenters. The molecular weight excluding hydrogens is 334 g/mol. The average Bonchev–Trinajstić information content (AvgIpc) is 2.63. The van der Waals surface area contributed by atoms with E-state index in [-0.39, 0.29) is 0 Å². The minimum Gasteiger partial charge on any atom is -0.339 e. The van der Waals surface area contributed by atoms with Gasteiger partial charge in [0, 0.05) is 17.9 Å². The number of benzene rings is 2. The molecule has 6 heteroatoms. The Hall–Kier alpha value is -2.63. The SMILES string of the molecule is NCc1ccc2cc1CCc1cccc(c1)Nc1ncc(Cl)c(n1)N2. The van der Waals surface area contributed by atoms with Crippen molar-refractivity contribution in [2.75, 3.05) is 10.6 Å². The van der Waals surface area contributed by atoms with Crippen LogP contribution in [0.1, 0.15) is 16.7 Å². The smallest absolute Gasteiger partial charge is 0.229 e. The Bertz CT molecular complexity index is 925. The molecule has 1 aliphatic rings.